The molecule has 0 heterocycles. The van der Waals surface area contributed by atoms with E-state index in [1.54, 1.807) is 25.1 Å². The van der Waals surface area contributed by atoms with Gasteiger partial charge in [0.15, 0.2) is 0 Å². The lowest BCUT2D eigenvalue weighted by Crippen LogP contribution is -2.32. The summed E-state index contributed by atoms with van der Waals surface area (Å²) in [5.41, 5.74) is 3.76. The molecule has 22 heavy (non-hydrogen) atoms. The molecule has 0 aliphatic rings. The normalized spacial score (nSPS) is 11.9. The lowest BCUT2D eigenvalue weighted by molar-refractivity contribution is -0.116. The third-order valence-electron chi connectivity index (χ3n) is 3.56. The van der Waals surface area contributed by atoms with Crippen LogP contribution in [0.2, 0.25) is 10.0 Å². The highest BCUT2D eigenvalue weighted by Gasteiger charge is 2.15. The zero-order valence-electron chi connectivity index (χ0n) is 12.7. The molecule has 0 aliphatic heterocycles. The molecule has 0 aromatic heterocycles. The molecule has 0 bridgehead atoms. The van der Waals surface area contributed by atoms with E-state index < -0.39 is 6.04 Å². The molecular weight excluding hydrogens is 319 g/mol. The van der Waals surface area contributed by atoms with Crippen molar-refractivity contribution in [3.8, 4) is 0 Å². The molecule has 3 nitrogen and oxygen atoms in total. The fourth-order valence-electron chi connectivity index (χ4n) is 2.04. The maximum absolute atomic E-state index is 12.3. The largest absolute Gasteiger partial charge is 0.374 e. The second-order valence-corrected chi connectivity index (χ2v) is 6.07. The second kappa shape index (κ2) is 7.03. The second-order valence-electron chi connectivity index (χ2n) is 5.23. The Labute approximate surface area is 140 Å². The minimum atomic E-state index is -0.407. The Balaban J connectivity index is 2.09. The highest BCUT2D eigenvalue weighted by molar-refractivity contribution is 6.35. The number of halogens is 2. The minimum absolute atomic E-state index is 0.176. The van der Waals surface area contributed by atoms with E-state index in [0.29, 0.717) is 15.7 Å². The molecule has 1 amide bonds. The van der Waals surface area contributed by atoms with Crippen molar-refractivity contribution in [2.45, 2.75) is 26.8 Å². The third kappa shape index (κ3) is 3.93. The van der Waals surface area contributed by atoms with Crippen LogP contribution in [0.3, 0.4) is 0 Å². The first kappa shape index (κ1) is 16.7. The predicted octanol–water partition coefficient (Wildman–Crippen LogP) is 5.05. The first-order valence-electron chi connectivity index (χ1n) is 6.97. The Kier molecular flexibility index (Phi) is 5.33. The Morgan fingerprint density at radius 1 is 1.09 bits per heavy atom. The van der Waals surface area contributed by atoms with Crippen LogP contribution in [-0.4, -0.2) is 11.9 Å². The molecule has 2 aromatic rings. The smallest absolute Gasteiger partial charge is 0.246 e. The summed E-state index contributed by atoms with van der Waals surface area (Å²) >= 11 is 12.0. The number of carbonyl (C=O) groups is 1. The van der Waals surface area contributed by atoms with Gasteiger partial charge in [-0.3, -0.25) is 4.79 Å². The van der Waals surface area contributed by atoms with Gasteiger partial charge < -0.3 is 10.6 Å². The fraction of sp³-hybridized carbons (Fsp3) is 0.235. The van der Waals surface area contributed by atoms with Gasteiger partial charge in [-0.2, -0.15) is 0 Å². The number of rotatable bonds is 4. The zero-order chi connectivity index (χ0) is 16.3. The molecule has 0 unspecified atom stereocenters. The van der Waals surface area contributed by atoms with E-state index in [4.69, 9.17) is 23.2 Å². The van der Waals surface area contributed by atoms with Crippen LogP contribution in [0.15, 0.2) is 36.4 Å². The molecular formula is C17H18Cl2N2O. The Hall–Kier alpha value is -1.71. The van der Waals surface area contributed by atoms with E-state index in [-0.39, 0.29) is 5.91 Å². The SMILES string of the molecule is Cc1cccc(N[C@H](C)C(=O)Nc2cc(Cl)ccc2Cl)c1C. The standard InChI is InChI=1S/C17H18Cl2N2O/c1-10-5-4-6-15(11(10)2)20-12(3)17(22)21-16-9-13(18)7-8-14(16)19/h4-9,12,20H,1-3H3,(H,21,22)/t12-/m1/s1. The Morgan fingerprint density at radius 2 is 1.82 bits per heavy atom. The van der Waals surface area contributed by atoms with Gasteiger partial charge in [0.2, 0.25) is 5.91 Å². The van der Waals surface area contributed by atoms with Crippen molar-refractivity contribution in [2.24, 2.45) is 0 Å². The molecule has 2 N–H and O–H groups in total. The summed E-state index contributed by atoms with van der Waals surface area (Å²) < 4.78 is 0. The summed E-state index contributed by atoms with van der Waals surface area (Å²) in [7, 11) is 0. The van der Waals surface area contributed by atoms with E-state index >= 15 is 0 Å². The zero-order valence-corrected chi connectivity index (χ0v) is 14.2. The summed E-state index contributed by atoms with van der Waals surface area (Å²) in [6.45, 7) is 5.86. The van der Waals surface area contributed by atoms with Crippen LogP contribution in [0.1, 0.15) is 18.1 Å². The number of aryl methyl sites for hydroxylation is 1. The van der Waals surface area contributed by atoms with Gasteiger partial charge in [-0.15, -0.1) is 0 Å². The number of hydrogen-bond donors (Lipinski definition) is 2. The quantitative estimate of drug-likeness (QED) is 0.820. The van der Waals surface area contributed by atoms with Crippen molar-refractivity contribution in [2.75, 3.05) is 10.6 Å². The van der Waals surface area contributed by atoms with Gasteiger partial charge in [-0.05, 0) is 56.2 Å². The van der Waals surface area contributed by atoms with Gasteiger partial charge in [0.05, 0.1) is 10.7 Å². The molecule has 116 valence electrons. The predicted molar refractivity (Wildman–Crippen MR) is 94.1 cm³/mol. The van der Waals surface area contributed by atoms with Crippen LogP contribution in [0.4, 0.5) is 11.4 Å². The minimum Gasteiger partial charge on any atom is -0.374 e. The third-order valence-corrected chi connectivity index (χ3v) is 4.12. The van der Waals surface area contributed by atoms with Crippen LogP contribution in [0.5, 0.6) is 0 Å². The van der Waals surface area contributed by atoms with Crippen molar-refractivity contribution in [1.29, 1.82) is 0 Å². The molecule has 0 saturated heterocycles. The van der Waals surface area contributed by atoms with E-state index in [0.717, 1.165) is 11.3 Å². The molecule has 2 aromatic carbocycles. The van der Waals surface area contributed by atoms with E-state index in [1.165, 1.54) is 5.56 Å². The van der Waals surface area contributed by atoms with Gasteiger partial charge in [-0.1, -0.05) is 35.3 Å². The van der Waals surface area contributed by atoms with Crippen LogP contribution in [-0.2, 0) is 4.79 Å². The highest BCUT2D eigenvalue weighted by atomic mass is 35.5. The number of hydrogen-bond acceptors (Lipinski definition) is 2. The molecule has 2 rings (SSSR count). The summed E-state index contributed by atoms with van der Waals surface area (Å²) in [4.78, 5) is 12.3. The van der Waals surface area contributed by atoms with Crippen molar-refractivity contribution >= 4 is 40.5 Å². The topological polar surface area (TPSA) is 41.1 Å². The monoisotopic (exact) mass is 336 g/mol. The Morgan fingerprint density at radius 3 is 2.55 bits per heavy atom. The van der Waals surface area contributed by atoms with Gasteiger partial charge in [-0.25, -0.2) is 0 Å². The molecule has 0 aliphatic carbocycles. The van der Waals surface area contributed by atoms with Crippen LogP contribution >= 0.6 is 23.2 Å². The van der Waals surface area contributed by atoms with Gasteiger partial charge in [0.1, 0.15) is 6.04 Å². The first-order chi connectivity index (χ1) is 10.4. The lowest BCUT2D eigenvalue weighted by atomic mass is 10.1. The van der Waals surface area contributed by atoms with Gasteiger partial charge in [0.25, 0.3) is 0 Å². The number of anilines is 2. The van der Waals surface area contributed by atoms with Gasteiger partial charge in [0, 0.05) is 10.7 Å². The summed E-state index contributed by atoms with van der Waals surface area (Å²) in [5.74, 6) is -0.176. The van der Waals surface area contributed by atoms with E-state index in [1.807, 2.05) is 32.0 Å². The summed E-state index contributed by atoms with van der Waals surface area (Å²) in [5, 5.41) is 6.98. The molecule has 1 atom stereocenters. The van der Waals surface area contributed by atoms with Crippen LogP contribution in [0.25, 0.3) is 0 Å². The van der Waals surface area contributed by atoms with Gasteiger partial charge >= 0.3 is 0 Å². The maximum atomic E-state index is 12.3. The van der Waals surface area contributed by atoms with Crippen molar-refractivity contribution < 1.29 is 4.79 Å². The summed E-state index contributed by atoms with van der Waals surface area (Å²) in [6, 6.07) is 10.5. The van der Waals surface area contributed by atoms with E-state index in [9.17, 15) is 4.79 Å². The average molecular weight is 337 g/mol. The molecule has 0 saturated carbocycles. The molecule has 0 radical (unpaired) electrons. The molecule has 0 spiro atoms. The highest BCUT2D eigenvalue weighted by Crippen LogP contribution is 2.26. The Bertz CT molecular complexity index is 701. The van der Waals surface area contributed by atoms with E-state index in [2.05, 4.69) is 10.6 Å². The molecule has 0 fully saturated rings. The van der Waals surface area contributed by atoms with Crippen molar-refractivity contribution in [1.82, 2.24) is 0 Å². The summed E-state index contributed by atoms with van der Waals surface area (Å²) in [6.07, 6.45) is 0. The number of benzene rings is 2. The van der Waals surface area contributed by atoms with Crippen LogP contribution < -0.4 is 10.6 Å². The van der Waals surface area contributed by atoms with Crippen molar-refractivity contribution in [3.05, 3.63) is 57.6 Å². The lowest BCUT2D eigenvalue weighted by Gasteiger charge is -2.18. The average Bonchev–Trinajstić information content (AvgIpc) is 2.47. The number of amides is 1. The molecule has 5 heteroatoms. The maximum Gasteiger partial charge on any atom is 0.246 e. The van der Waals surface area contributed by atoms with Crippen molar-refractivity contribution in [3.63, 3.8) is 0 Å². The fourth-order valence-corrected chi connectivity index (χ4v) is 2.38. The number of carbonyl (C=O) groups excluding carboxylic acids is 1. The first-order valence-corrected chi connectivity index (χ1v) is 7.72. The van der Waals surface area contributed by atoms with Crippen LogP contribution in [0, 0.1) is 13.8 Å². The number of nitrogens with one attached hydrogen (secondary N) is 2.